The van der Waals surface area contributed by atoms with Crippen LogP contribution in [0.3, 0.4) is 0 Å². The van der Waals surface area contributed by atoms with Crippen molar-refractivity contribution in [2.75, 3.05) is 6.54 Å². The van der Waals surface area contributed by atoms with Gasteiger partial charge in [0.05, 0.1) is 16.5 Å². The lowest BCUT2D eigenvalue weighted by atomic mass is 10.0. The van der Waals surface area contributed by atoms with Crippen molar-refractivity contribution < 1.29 is 28.2 Å². The first-order valence-electron chi connectivity index (χ1n) is 10.4. The zero-order chi connectivity index (χ0) is 25.4. The molecule has 2 unspecified atom stereocenters. The van der Waals surface area contributed by atoms with Crippen LogP contribution in [-0.4, -0.2) is 47.0 Å². The maximum absolute atomic E-state index is 13.6. The van der Waals surface area contributed by atoms with Gasteiger partial charge in [-0.05, 0) is 59.5 Å². The van der Waals surface area contributed by atoms with Crippen molar-refractivity contribution in [2.24, 2.45) is 0 Å². The Balaban J connectivity index is 1.72. The number of aliphatic carboxylic acids is 2. The van der Waals surface area contributed by atoms with E-state index in [0.717, 1.165) is 5.56 Å². The van der Waals surface area contributed by atoms with E-state index in [1.807, 2.05) is 6.07 Å². The third-order valence-corrected chi connectivity index (χ3v) is 8.24. The summed E-state index contributed by atoms with van der Waals surface area (Å²) in [6, 6.07) is 20.8. The van der Waals surface area contributed by atoms with Gasteiger partial charge >= 0.3 is 11.9 Å². The second-order valence-corrected chi connectivity index (χ2v) is 10.5. The summed E-state index contributed by atoms with van der Waals surface area (Å²) in [5.41, 5.74) is 0.424. The molecule has 1 aliphatic carbocycles. The van der Waals surface area contributed by atoms with Crippen LogP contribution in [0.15, 0.2) is 77.7 Å². The summed E-state index contributed by atoms with van der Waals surface area (Å²) in [6.07, 6.45) is -0.0936. The first-order chi connectivity index (χ1) is 16.6. The van der Waals surface area contributed by atoms with E-state index in [-0.39, 0.29) is 11.3 Å². The van der Waals surface area contributed by atoms with Crippen LogP contribution in [0.1, 0.15) is 23.5 Å². The van der Waals surface area contributed by atoms with Gasteiger partial charge in [-0.15, -0.1) is 0 Å². The molecule has 0 saturated heterocycles. The molecule has 0 aliphatic heterocycles. The van der Waals surface area contributed by atoms with Gasteiger partial charge in [0.2, 0.25) is 10.0 Å². The van der Waals surface area contributed by atoms with Gasteiger partial charge in [0.15, 0.2) is 0 Å². The van der Waals surface area contributed by atoms with Crippen molar-refractivity contribution in [3.05, 3.63) is 88.9 Å². The molecule has 3 aromatic carbocycles. The van der Waals surface area contributed by atoms with E-state index in [0.29, 0.717) is 26.0 Å². The van der Waals surface area contributed by atoms with Gasteiger partial charge in [0.1, 0.15) is 12.1 Å². The number of hydrogen-bond acceptors (Lipinski definition) is 5. The number of nitrogens with zero attached hydrogens (tertiary/aromatic N) is 2. The monoisotopic (exact) mass is 510 g/mol. The molecule has 3 aromatic rings. The number of rotatable bonds is 8. The van der Waals surface area contributed by atoms with Crippen LogP contribution in [0.2, 0.25) is 5.02 Å². The summed E-state index contributed by atoms with van der Waals surface area (Å²) in [5, 5.41) is 29.1. The standard InChI is InChI=1S/C25H19ClN2O6S/c26-20-9-5-17(6-10-20)18-7-11-21(12-8-18)35(33,34)28(15-23(29)30)25(24(31)32)13-22(25)19-3-1-16(14-27)2-4-19/h1-12,22H,13,15H2,(H,29,30)(H,31,32). The minimum absolute atomic E-state index is 0.0936. The van der Waals surface area contributed by atoms with Gasteiger partial charge in [-0.3, -0.25) is 9.59 Å². The van der Waals surface area contributed by atoms with Crippen LogP contribution >= 0.6 is 11.6 Å². The SMILES string of the molecule is N#Cc1ccc(C2CC2(C(=O)O)N(CC(=O)O)S(=O)(=O)c2ccc(-c3ccc(Cl)cc3)cc2)cc1. The smallest absolute Gasteiger partial charge is 0.325 e. The summed E-state index contributed by atoms with van der Waals surface area (Å²) >= 11 is 5.91. The Bertz CT molecular complexity index is 1430. The molecule has 0 bridgehead atoms. The summed E-state index contributed by atoms with van der Waals surface area (Å²) in [7, 11) is -4.50. The largest absolute Gasteiger partial charge is 0.480 e. The van der Waals surface area contributed by atoms with E-state index in [2.05, 4.69) is 0 Å². The number of halogens is 1. The first kappa shape index (κ1) is 24.4. The molecule has 0 aromatic heterocycles. The third-order valence-electron chi connectivity index (χ3n) is 6.09. The van der Waals surface area contributed by atoms with Gasteiger partial charge in [0.25, 0.3) is 0 Å². The molecule has 0 amide bonds. The van der Waals surface area contributed by atoms with Crippen molar-refractivity contribution in [3.63, 3.8) is 0 Å². The minimum atomic E-state index is -4.50. The molecule has 1 fully saturated rings. The molecule has 0 spiro atoms. The number of carbonyl (C=O) groups is 2. The Morgan fingerprint density at radius 3 is 2.00 bits per heavy atom. The predicted molar refractivity (Wildman–Crippen MR) is 127 cm³/mol. The highest BCUT2D eigenvalue weighted by Crippen LogP contribution is 2.57. The van der Waals surface area contributed by atoms with Crippen molar-refractivity contribution in [2.45, 2.75) is 22.8 Å². The minimum Gasteiger partial charge on any atom is -0.480 e. The lowest BCUT2D eigenvalue weighted by molar-refractivity contribution is -0.145. The summed E-state index contributed by atoms with van der Waals surface area (Å²) < 4.78 is 27.7. The lowest BCUT2D eigenvalue weighted by Crippen LogP contribution is -2.50. The Labute approximate surface area is 206 Å². The van der Waals surface area contributed by atoms with Gasteiger partial charge in [-0.1, -0.05) is 48.0 Å². The summed E-state index contributed by atoms with van der Waals surface area (Å²) in [6.45, 7) is -1.01. The zero-order valence-electron chi connectivity index (χ0n) is 18.1. The van der Waals surface area contributed by atoms with Crippen molar-refractivity contribution in [3.8, 4) is 17.2 Å². The van der Waals surface area contributed by atoms with Gasteiger partial charge in [0, 0.05) is 10.9 Å². The third kappa shape index (κ3) is 4.51. The van der Waals surface area contributed by atoms with Gasteiger partial charge in [-0.2, -0.15) is 9.57 Å². The summed E-state index contributed by atoms with van der Waals surface area (Å²) in [5.74, 6) is -3.68. The molecule has 8 nitrogen and oxygen atoms in total. The van der Waals surface area contributed by atoms with E-state index in [1.165, 1.54) is 24.3 Å². The summed E-state index contributed by atoms with van der Waals surface area (Å²) in [4.78, 5) is 23.8. The van der Waals surface area contributed by atoms with Crippen LogP contribution in [-0.2, 0) is 19.6 Å². The average molecular weight is 511 g/mol. The van der Waals surface area contributed by atoms with E-state index in [4.69, 9.17) is 16.9 Å². The van der Waals surface area contributed by atoms with Gasteiger partial charge in [-0.25, -0.2) is 8.42 Å². The number of sulfonamides is 1. The predicted octanol–water partition coefficient (Wildman–Crippen LogP) is 3.96. The van der Waals surface area contributed by atoms with Crippen LogP contribution in [0.4, 0.5) is 0 Å². The maximum atomic E-state index is 13.6. The second kappa shape index (κ2) is 9.15. The van der Waals surface area contributed by atoms with Crippen LogP contribution in [0, 0.1) is 11.3 Å². The molecule has 10 heteroatoms. The zero-order valence-corrected chi connectivity index (χ0v) is 19.7. The Morgan fingerprint density at radius 1 is 0.971 bits per heavy atom. The highest BCUT2D eigenvalue weighted by molar-refractivity contribution is 7.89. The van der Waals surface area contributed by atoms with E-state index in [1.54, 1.807) is 48.5 Å². The fourth-order valence-electron chi connectivity index (χ4n) is 4.21. The van der Waals surface area contributed by atoms with Crippen molar-refractivity contribution >= 4 is 33.6 Å². The molecule has 2 N–H and O–H groups in total. The van der Waals surface area contributed by atoms with Gasteiger partial charge < -0.3 is 10.2 Å². The number of nitriles is 1. The number of hydrogen-bond donors (Lipinski definition) is 2. The topological polar surface area (TPSA) is 136 Å². The Hall–Kier alpha value is -3.71. The molecule has 4 rings (SSSR count). The fraction of sp³-hybridized carbons (Fsp3) is 0.160. The Kier molecular flexibility index (Phi) is 6.38. The molecular formula is C25H19ClN2O6S. The molecular weight excluding hydrogens is 492 g/mol. The molecule has 35 heavy (non-hydrogen) atoms. The fourth-order valence-corrected chi connectivity index (χ4v) is 6.06. The molecule has 1 aliphatic rings. The Morgan fingerprint density at radius 2 is 1.51 bits per heavy atom. The molecule has 2 atom stereocenters. The first-order valence-corrected chi connectivity index (χ1v) is 12.3. The normalized spacial score (nSPS) is 19.2. The number of carboxylic acid groups (broad SMARTS) is 2. The second-order valence-electron chi connectivity index (χ2n) is 8.16. The molecule has 1 saturated carbocycles. The average Bonchev–Trinajstić information content (AvgIpc) is 3.60. The van der Waals surface area contributed by atoms with Crippen molar-refractivity contribution in [1.82, 2.24) is 4.31 Å². The van der Waals surface area contributed by atoms with Crippen LogP contribution in [0.25, 0.3) is 11.1 Å². The molecule has 178 valence electrons. The highest BCUT2D eigenvalue weighted by atomic mass is 35.5. The number of carboxylic acids is 2. The van der Waals surface area contributed by atoms with Crippen LogP contribution < -0.4 is 0 Å². The van der Waals surface area contributed by atoms with E-state index < -0.39 is 40.0 Å². The quantitative estimate of drug-likeness (QED) is 0.468. The van der Waals surface area contributed by atoms with Crippen LogP contribution in [0.5, 0.6) is 0 Å². The van der Waals surface area contributed by atoms with Crippen molar-refractivity contribution in [1.29, 1.82) is 5.26 Å². The molecule has 0 heterocycles. The lowest BCUT2D eigenvalue weighted by Gasteiger charge is -2.28. The maximum Gasteiger partial charge on any atom is 0.325 e. The van der Waals surface area contributed by atoms with E-state index in [9.17, 15) is 28.2 Å². The number of benzene rings is 3. The van der Waals surface area contributed by atoms with E-state index >= 15 is 0 Å². The molecule has 0 radical (unpaired) electrons. The highest BCUT2D eigenvalue weighted by Gasteiger charge is 2.68.